The van der Waals surface area contributed by atoms with Gasteiger partial charge in [-0.3, -0.25) is 14.6 Å². The van der Waals surface area contributed by atoms with E-state index < -0.39 is 11.8 Å². The molecule has 0 radical (unpaired) electrons. The number of ether oxygens (including phenoxy) is 2. The summed E-state index contributed by atoms with van der Waals surface area (Å²) in [4.78, 5) is 31.7. The molecule has 1 unspecified atom stereocenters. The third-order valence-corrected chi connectivity index (χ3v) is 7.41. The average Bonchev–Trinajstić information content (AvgIpc) is 2.88. The molecule has 2 aromatic rings. The first-order valence-electron chi connectivity index (χ1n) is 12.9. The number of hydrogen-bond acceptors (Lipinski definition) is 5. The molecule has 182 valence electrons. The normalized spacial score (nSPS) is 22.9. The first-order chi connectivity index (χ1) is 17.1. The van der Waals surface area contributed by atoms with Gasteiger partial charge in [-0.1, -0.05) is 55.0 Å². The number of esters is 1. The summed E-state index contributed by atoms with van der Waals surface area (Å²) in [6, 6.07) is 17.8. The average molecular weight is 472 g/mol. The van der Waals surface area contributed by atoms with E-state index in [0.717, 1.165) is 61.1 Å². The zero-order valence-electron chi connectivity index (χ0n) is 20.4. The van der Waals surface area contributed by atoms with Crippen molar-refractivity contribution in [2.24, 2.45) is 10.9 Å². The number of carbonyl (C=O) groups excluding carboxylic acids is 2. The van der Waals surface area contributed by atoms with Crippen molar-refractivity contribution in [1.82, 2.24) is 0 Å². The fourth-order valence-electron chi connectivity index (χ4n) is 5.67. The Hall–Kier alpha value is -3.21. The molecule has 0 N–H and O–H groups in total. The quantitative estimate of drug-likeness (QED) is 0.462. The molecule has 35 heavy (non-hydrogen) atoms. The first kappa shape index (κ1) is 23.5. The topological polar surface area (TPSA) is 65.0 Å². The number of ketones is 1. The standard InChI is InChI=1S/C30H33NO4/c1-20-27(30(33)35-22-13-6-3-7-14-22)28(29-24(31-20)16-10-17-25(29)32)23-15-8-9-18-26(23)34-19-21-11-4-2-5-12-21/h2,4-5,8-9,11-12,15,18,22,27-28H,3,6-7,10,13-14,16-17,19H2,1H3/t27?,28-/m1/s1. The number of para-hydroxylation sites is 1. The van der Waals surface area contributed by atoms with Gasteiger partial charge in [-0.05, 0) is 57.1 Å². The minimum Gasteiger partial charge on any atom is -0.489 e. The maximum atomic E-state index is 13.7. The summed E-state index contributed by atoms with van der Waals surface area (Å²) in [6.07, 6.45) is 7.17. The molecule has 1 saturated carbocycles. The highest BCUT2D eigenvalue weighted by Crippen LogP contribution is 2.46. The van der Waals surface area contributed by atoms with Gasteiger partial charge in [0.15, 0.2) is 5.78 Å². The summed E-state index contributed by atoms with van der Waals surface area (Å²) in [5, 5.41) is 0. The SMILES string of the molecule is CC1=NC2=C(C(=O)CCC2)[C@H](c2ccccc2OCc2ccccc2)C1C(=O)OC1CCCCC1. The number of benzene rings is 2. The number of aliphatic imine (C=N–C) groups is 1. The van der Waals surface area contributed by atoms with Crippen LogP contribution in [-0.4, -0.2) is 23.6 Å². The van der Waals surface area contributed by atoms with Gasteiger partial charge in [0.1, 0.15) is 24.4 Å². The van der Waals surface area contributed by atoms with E-state index in [1.54, 1.807) is 0 Å². The Balaban J connectivity index is 1.51. The van der Waals surface area contributed by atoms with Gasteiger partial charge in [0.25, 0.3) is 0 Å². The van der Waals surface area contributed by atoms with Crippen LogP contribution in [0.1, 0.15) is 75.3 Å². The summed E-state index contributed by atoms with van der Waals surface area (Å²) >= 11 is 0. The molecule has 5 nitrogen and oxygen atoms in total. The molecule has 1 aliphatic heterocycles. The van der Waals surface area contributed by atoms with Crippen molar-refractivity contribution in [3.63, 3.8) is 0 Å². The van der Waals surface area contributed by atoms with Crippen molar-refractivity contribution >= 4 is 17.5 Å². The van der Waals surface area contributed by atoms with Crippen LogP contribution in [-0.2, 0) is 20.9 Å². The molecule has 0 bridgehead atoms. The van der Waals surface area contributed by atoms with E-state index in [2.05, 4.69) is 0 Å². The van der Waals surface area contributed by atoms with Crippen LogP contribution in [0.5, 0.6) is 5.75 Å². The smallest absolute Gasteiger partial charge is 0.315 e. The van der Waals surface area contributed by atoms with Crippen molar-refractivity contribution in [2.75, 3.05) is 0 Å². The summed E-state index contributed by atoms with van der Waals surface area (Å²) in [7, 11) is 0. The Bertz CT molecular complexity index is 1140. The Morgan fingerprint density at radius 3 is 2.49 bits per heavy atom. The Morgan fingerprint density at radius 1 is 0.943 bits per heavy atom. The van der Waals surface area contributed by atoms with Crippen molar-refractivity contribution in [3.05, 3.63) is 77.0 Å². The van der Waals surface area contributed by atoms with Gasteiger partial charge in [0.2, 0.25) is 0 Å². The number of nitrogens with zero attached hydrogens (tertiary/aromatic N) is 1. The third-order valence-electron chi connectivity index (χ3n) is 7.41. The fraction of sp³-hybridized carbons (Fsp3) is 0.433. The molecule has 0 spiro atoms. The summed E-state index contributed by atoms with van der Waals surface area (Å²) in [5.41, 5.74) is 4.13. The minimum atomic E-state index is -0.626. The number of rotatable bonds is 6. The van der Waals surface area contributed by atoms with E-state index in [9.17, 15) is 9.59 Å². The summed E-state index contributed by atoms with van der Waals surface area (Å²) in [5.74, 6) is -0.568. The zero-order chi connectivity index (χ0) is 24.2. The molecule has 2 atom stereocenters. The minimum absolute atomic E-state index is 0.0493. The second-order valence-electron chi connectivity index (χ2n) is 9.85. The van der Waals surface area contributed by atoms with Crippen LogP contribution in [0.15, 0.2) is 70.9 Å². The largest absolute Gasteiger partial charge is 0.489 e. The molecule has 0 amide bonds. The molecule has 1 heterocycles. The van der Waals surface area contributed by atoms with Crippen LogP contribution < -0.4 is 4.74 Å². The van der Waals surface area contributed by atoms with E-state index in [1.165, 1.54) is 6.42 Å². The lowest BCUT2D eigenvalue weighted by Crippen LogP contribution is -2.39. The van der Waals surface area contributed by atoms with E-state index in [1.807, 2.05) is 61.5 Å². The summed E-state index contributed by atoms with van der Waals surface area (Å²) < 4.78 is 12.3. The van der Waals surface area contributed by atoms with Gasteiger partial charge in [-0.15, -0.1) is 0 Å². The van der Waals surface area contributed by atoms with Gasteiger partial charge >= 0.3 is 5.97 Å². The Labute approximate surface area is 207 Å². The van der Waals surface area contributed by atoms with Crippen LogP contribution in [0.3, 0.4) is 0 Å². The van der Waals surface area contributed by atoms with Gasteiger partial charge in [0, 0.05) is 34.9 Å². The third kappa shape index (κ3) is 5.09. The number of Topliss-reactive ketones (excluding diaryl/α,β-unsaturated/α-hetero) is 1. The molecule has 2 aromatic carbocycles. The zero-order valence-corrected chi connectivity index (χ0v) is 20.4. The van der Waals surface area contributed by atoms with Crippen LogP contribution in [0.25, 0.3) is 0 Å². The van der Waals surface area contributed by atoms with Gasteiger partial charge < -0.3 is 9.47 Å². The van der Waals surface area contributed by atoms with E-state index in [-0.39, 0.29) is 17.9 Å². The molecule has 5 heteroatoms. The molecule has 0 aromatic heterocycles. The molecule has 1 fully saturated rings. The fourth-order valence-corrected chi connectivity index (χ4v) is 5.67. The van der Waals surface area contributed by atoms with Crippen molar-refractivity contribution in [1.29, 1.82) is 0 Å². The van der Waals surface area contributed by atoms with Crippen LogP contribution >= 0.6 is 0 Å². The second-order valence-corrected chi connectivity index (χ2v) is 9.85. The Kier molecular flexibility index (Phi) is 7.12. The highest BCUT2D eigenvalue weighted by molar-refractivity contribution is 6.09. The van der Waals surface area contributed by atoms with Gasteiger partial charge in [-0.2, -0.15) is 0 Å². The van der Waals surface area contributed by atoms with Crippen molar-refractivity contribution in [3.8, 4) is 5.75 Å². The van der Waals surface area contributed by atoms with Crippen LogP contribution in [0.2, 0.25) is 0 Å². The highest BCUT2D eigenvalue weighted by Gasteiger charge is 2.44. The lowest BCUT2D eigenvalue weighted by atomic mass is 9.71. The lowest BCUT2D eigenvalue weighted by molar-refractivity contribution is -0.153. The molecule has 5 rings (SSSR count). The lowest BCUT2D eigenvalue weighted by Gasteiger charge is -2.36. The van der Waals surface area contributed by atoms with E-state index >= 15 is 0 Å². The maximum absolute atomic E-state index is 13.7. The molecule has 2 aliphatic carbocycles. The molecular formula is C30H33NO4. The number of hydrogen-bond donors (Lipinski definition) is 0. The molecule has 0 saturated heterocycles. The van der Waals surface area contributed by atoms with E-state index in [4.69, 9.17) is 14.5 Å². The summed E-state index contributed by atoms with van der Waals surface area (Å²) in [6.45, 7) is 2.31. The van der Waals surface area contributed by atoms with Crippen molar-refractivity contribution in [2.45, 2.75) is 76.9 Å². The van der Waals surface area contributed by atoms with Crippen LogP contribution in [0, 0.1) is 5.92 Å². The predicted octanol–water partition coefficient (Wildman–Crippen LogP) is 6.32. The molecule has 3 aliphatic rings. The second kappa shape index (κ2) is 10.6. The highest BCUT2D eigenvalue weighted by atomic mass is 16.5. The van der Waals surface area contributed by atoms with Gasteiger partial charge in [-0.25, -0.2) is 0 Å². The number of carbonyl (C=O) groups is 2. The number of allylic oxidation sites excluding steroid dienone is 2. The van der Waals surface area contributed by atoms with Gasteiger partial charge in [0.05, 0.1) is 0 Å². The predicted molar refractivity (Wildman–Crippen MR) is 135 cm³/mol. The Morgan fingerprint density at radius 2 is 1.69 bits per heavy atom. The molecular weight excluding hydrogens is 438 g/mol. The maximum Gasteiger partial charge on any atom is 0.315 e. The monoisotopic (exact) mass is 471 g/mol. The van der Waals surface area contributed by atoms with E-state index in [0.29, 0.717) is 24.4 Å². The van der Waals surface area contributed by atoms with Crippen LogP contribution in [0.4, 0.5) is 0 Å². The first-order valence-corrected chi connectivity index (χ1v) is 12.9. The van der Waals surface area contributed by atoms with Crippen molar-refractivity contribution < 1.29 is 19.1 Å².